The molecule has 0 spiro atoms. The van der Waals surface area contributed by atoms with Crippen molar-refractivity contribution in [3.63, 3.8) is 0 Å². The van der Waals surface area contributed by atoms with E-state index in [1.807, 2.05) is 13.0 Å². The van der Waals surface area contributed by atoms with Gasteiger partial charge in [0.25, 0.3) is 0 Å². The number of imide groups is 1. The van der Waals surface area contributed by atoms with E-state index in [1.54, 1.807) is 19.1 Å². The largest absolute Gasteiger partial charge is 0.329 e. The molecule has 0 aliphatic carbocycles. The van der Waals surface area contributed by atoms with Crippen LogP contribution in [0.15, 0.2) is 23.1 Å². The Balaban J connectivity index is 1.77. The lowest BCUT2D eigenvalue weighted by atomic mass is 10.1. The molecular weight excluding hydrogens is 306 g/mol. The van der Waals surface area contributed by atoms with Crippen molar-refractivity contribution in [3.8, 4) is 0 Å². The molecule has 0 atom stereocenters. The number of sulfonamides is 1. The molecule has 1 aromatic rings. The molecule has 0 radical (unpaired) electrons. The average molecular weight is 323 g/mol. The van der Waals surface area contributed by atoms with Crippen molar-refractivity contribution in [2.24, 2.45) is 0 Å². The van der Waals surface area contributed by atoms with Crippen LogP contribution in [-0.2, 0) is 14.8 Å². The first-order chi connectivity index (χ1) is 10.3. The van der Waals surface area contributed by atoms with Crippen molar-refractivity contribution >= 4 is 22.0 Å². The monoisotopic (exact) mass is 323 g/mol. The highest BCUT2D eigenvalue weighted by molar-refractivity contribution is 7.89. The second-order valence-electron chi connectivity index (χ2n) is 5.67. The van der Waals surface area contributed by atoms with Crippen molar-refractivity contribution in [1.29, 1.82) is 0 Å². The van der Waals surface area contributed by atoms with Crippen LogP contribution in [0, 0.1) is 13.8 Å². The number of hydrogen-bond acceptors (Lipinski definition) is 4. The molecule has 2 saturated heterocycles. The van der Waals surface area contributed by atoms with Crippen LogP contribution in [0.2, 0.25) is 0 Å². The van der Waals surface area contributed by atoms with Crippen LogP contribution in [0.4, 0.5) is 4.79 Å². The number of benzene rings is 1. The molecular formula is C14H17N3O4S. The summed E-state index contributed by atoms with van der Waals surface area (Å²) in [5.74, 6) is -0.307. The van der Waals surface area contributed by atoms with Crippen LogP contribution in [0.5, 0.6) is 0 Å². The van der Waals surface area contributed by atoms with Gasteiger partial charge in [0.05, 0.1) is 17.5 Å². The Morgan fingerprint density at radius 3 is 2.41 bits per heavy atom. The van der Waals surface area contributed by atoms with E-state index in [2.05, 4.69) is 5.32 Å². The highest BCUT2D eigenvalue weighted by Crippen LogP contribution is 2.27. The normalized spacial score (nSPS) is 20.2. The minimum absolute atomic E-state index is 0.0147. The highest BCUT2D eigenvalue weighted by Gasteiger charge is 2.45. The summed E-state index contributed by atoms with van der Waals surface area (Å²) in [6.45, 7) is 3.94. The number of carbonyl (C=O) groups is 2. The van der Waals surface area contributed by atoms with Gasteiger partial charge >= 0.3 is 6.03 Å². The fourth-order valence-electron chi connectivity index (χ4n) is 2.81. The standard InChI is InChI=1S/C14H17N3O4S/c1-9-3-4-12(10(2)5-9)22(20,21)16-7-11(8-16)17-13(18)6-15-14(17)19/h3-5,11H,6-8H2,1-2H3,(H,15,19). The van der Waals surface area contributed by atoms with Gasteiger partial charge in [-0.1, -0.05) is 17.7 Å². The average Bonchev–Trinajstić information content (AvgIpc) is 2.68. The number of urea groups is 1. The Bertz CT molecular complexity index is 737. The Hall–Kier alpha value is -1.93. The number of nitrogens with zero attached hydrogens (tertiary/aromatic N) is 2. The molecule has 0 saturated carbocycles. The van der Waals surface area contributed by atoms with Crippen LogP contribution in [0.25, 0.3) is 0 Å². The lowest BCUT2D eigenvalue weighted by Gasteiger charge is -2.41. The first kappa shape index (κ1) is 15.0. The summed E-state index contributed by atoms with van der Waals surface area (Å²) >= 11 is 0. The highest BCUT2D eigenvalue weighted by atomic mass is 32.2. The van der Waals surface area contributed by atoms with Gasteiger partial charge in [-0.2, -0.15) is 4.31 Å². The Labute approximate surface area is 128 Å². The lowest BCUT2D eigenvalue weighted by molar-refractivity contribution is -0.128. The number of rotatable bonds is 3. The van der Waals surface area contributed by atoms with Gasteiger partial charge in [-0.05, 0) is 25.5 Å². The molecule has 1 aromatic carbocycles. The molecule has 2 aliphatic rings. The maximum absolute atomic E-state index is 12.6. The fraction of sp³-hybridized carbons (Fsp3) is 0.429. The number of carbonyl (C=O) groups excluding carboxylic acids is 2. The van der Waals surface area contributed by atoms with Crippen molar-refractivity contribution in [2.75, 3.05) is 19.6 Å². The van der Waals surface area contributed by atoms with E-state index in [0.29, 0.717) is 5.56 Å². The van der Waals surface area contributed by atoms with E-state index in [1.165, 1.54) is 4.31 Å². The van der Waals surface area contributed by atoms with Gasteiger partial charge in [-0.15, -0.1) is 0 Å². The van der Waals surface area contributed by atoms with E-state index in [9.17, 15) is 18.0 Å². The molecule has 1 N–H and O–H groups in total. The van der Waals surface area contributed by atoms with E-state index in [0.717, 1.165) is 10.5 Å². The van der Waals surface area contributed by atoms with E-state index >= 15 is 0 Å². The van der Waals surface area contributed by atoms with Gasteiger partial charge in [-0.3, -0.25) is 9.69 Å². The van der Waals surface area contributed by atoms with Crippen LogP contribution in [0.3, 0.4) is 0 Å². The summed E-state index contributed by atoms with van der Waals surface area (Å²) in [6, 6.07) is 4.35. The van der Waals surface area contributed by atoms with Gasteiger partial charge in [0.15, 0.2) is 0 Å². The lowest BCUT2D eigenvalue weighted by Crippen LogP contribution is -2.62. The van der Waals surface area contributed by atoms with Gasteiger partial charge < -0.3 is 5.32 Å². The zero-order valence-electron chi connectivity index (χ0n) is 12.4. The minimum atomic E-state index is -3.58. The van der Waals surface area contributed by atoms with Crippen LogP contribution >= 0.6 is 0 Å². The van der Waals surface area contributed by atoms with Crippen molar-refractivity contribution in [2.45, 2.75) is 24.8 Å². The van der Waals surface area contributed by atoms with Crippen LogP contribution in [0.1, 0.15) is 11.1 Å². The third-order valence-electron chi connectivity index (χ3n) is 4.02. The van der Waals surface area contributed by atoms with Gasteiger partial charge in [0, 0.05) is 13.1 Å². The van der Waals surface area contributed by atoms with Gasteiger partial charge in [0.2, 0.25) is 15.9 Å². The maximum Gasteiger partial charge on any atom is 0.324 e. The molecule has 22 heavy (non-hydrogen) atoms. The molecule has 2 fully saturated rings. The summed E-state index contributed by atoms with van der Waals surface area (Å²) in [5.41, 5.74) is 1.69. The fourth-order valence-corrected chi connectivity index (χ4v) is 4.53. The predicted molar refractivity (Wildman–Crippen MR) is 78.7 cm³/mol. The molecule has 2 aliphatic heterocycles. The van der Waals surface area contributed by atoms with Crippen LogP contribution < -0.4 is 5.32 Å². The van der Waals surface area contributed by atoms with Crippen molar-refractivity contribution < 1.29 is 18.0 Å². The Morgan fingerprint density at radius 2 is 1.86 bits per heavy atom. The quantitative estimate of drug-likeness (QED) is 0.807. The first-order valence-electron chi connectivity index (χ1n) is 6.98. The van der Waals surface area contributed by atoms with Crippen molar-refractivity contribution in [1.82, 2.24) is 14.5 Å². The molecule has 0 unspecified atom stereocenters. The topological polar surface area (TPSA) is 86.8 Å². The van der Waals surface area contributed by atoms with E-state index in [-0.39, 0.29) is 36.5 Å². The molecule has 0 bridgehead atoms. The van der Waals surface area contributed by atoms with Gasteiger partial charge in [-0.25, -0.2) is 13.2 Å². The maximum atomic E-state index is 12.6. The molecule has 7 nitrogen and oxygen atoms in total. The van der Waals surface area contributed by atoms with Crippen molar-refractivity contribution in [3.05, 3.63) is 29.3 Å². The number of aryl methyl sites for hydroxylation is 2. The zero-order valence-corrected chi connectivity index (χ0v) is 13.2. The first-order valence-corrected chi connectivity index (χ1v) is 8.42. The zero-order chi connectivity index (χ0) is 16.1. The SMILES string of the molecule is Cc1ccc(S(=O)(=O)N2CC(N3C(=O)CNC3=O)C2)c(C)c1. The summed E-state index contributed by atoms with van der Waals surface area (Å²) in [6.07, 6.45) is 0. The molecule has 3 amide bonds. The molecule has 2 heterocycles. The van der Waals surface area contributed by atoms with Gasteiger partial charge in [0.1, 0.15) is 0 Å². The predicted octanol–water partition coefficient (Wildman–Crippen LogP) is 0.228. The molecule has 8 heteroatoms. The molecule has 3 rings (SSSR count). The summed E-state index contributed by atoms with van der Waals surface area (Å²) in [7, 11) is -3.58. The smallest absolute Gasteiger partial charge is 0.324 e. The third kappa shape index (κ3) is 2.28. The second-order valence-corrected chi connectivity index (χ2v) is 7.57. The Kier molecular flexibility index (Phi) is 3.45. The number of amides is 3. The molecule has 118 valence electrons. The number of nitrogens with one attached hydrogen (secondary N) is 1. The number of hydrogen-bond donors (Lipinski definition) is 1. The van der Waals surface area contributed by atoms with Crippen LogP contribution in [-0.4, -0.2) is 55.2 Å². The summed E-state index contributed by atoms with van der Waals surface area (Å²) in [4.78, 5) is 24.6. The third-order valence-corrected chi connectivity index (χ3v) is 6.01. The minimum Gasteiger partial charge on any atom is -0.329 e. The molecule has 0 aromatic heterocycles. The Morgan fingerprint density at radius 1 is 1.18 bits per heavy atom. The second kappa shape index (κ2) is 5.06. The summed E-state index contributed by atoms with van der Waals surface area (Å²) in [5, 5.41) is 2.44. The summed E-state index contributed by atoms with van der Waals surface area (Å²) < 4.78 is 26.5. The van der Waals surface area contributed by atoms with E-state index < -0.39 is 16.1 Å². The van der Waals surface area contributed by atoms with E-state index in [4.69, 9.17) is 0 Å².